The highest BCUT2D eigenvalue weighted by Crippen LogP contribution is 2.48. The van der Waals surface area contributed by atoms with Crippen LogP contribution in [0.1, 0.15) is 205 Å². The quantitative estimate of drug-likeness (QED) is 0.133. The number of nitrogens with one attached hydrogen (secondary N) is 12. The van der Waals surface area contributed by atoms with Crippen LogP contribution in [0.2, 0.25) is 0 Å². The van der Waals surface area contributed by atoms with E-state index in [1.807, 2.05) is 0 Å². The first-order valence-electron chi connectivity index (χ1n) is 32.7. The van der Waals surface area contributed by atoms with Crippen molar-refractivity contribution in [1.29, 1.82) is 0 Å². The maximum absolute atomic E-state index is 14.4. The molecular formula is C56H100N12O8S4. The molecule has 8 saturated carbocycles. The Morgan fingerprint density at radius 1 is 0.212 bits per heavy atom. The van der Waals surface area contributed by atoms with Gasteiger partial charge in [0.1, 0.15) is 0 Å². The SMILES string of the molecule is O=S(=O)(NC1CCCCC1)C1CCC2C3NC(NC4NC(NC5NC(NC6NC(N3)C3CC(S(=O)(=O)NC7CCCCC7)CCC63)C3CC(S(=O)(=O)NC6CCCCC6)CCC53)C3CC(S(=O)(=O)NC5CCCCC5)CCC43)C2C1. The van der Waals surface area contributed by atoms with E-state index in [0.29, 0.717) is 77.0 Å². The Kier molecular flexibility index (Phi) is 17.6. The van der Waals surface area contributed by atoms with Gasteiger partial charge >= 0.3 is 0 Å². The predicted molar refractivity (Wildman–Crippen MR) is 310 cm³/mol. The van der Waals surface area contributed by atoms with Crippen molar-refractivity contribution in [2.45, 2.75) is 300 Å². The molecule has 0 radical (unpaired) electrons. The minimum atomic E-state index is -3.60. The minimum Gasteiger partial charge on any atom is -0.286 e. The third kappa shape index (κ3) is 12.3. The molecular weight excluding hydrogens is 1100 g/mol. The summed E-state index contributed by atoms with van der Waals surface area (Å²) in [6, 6.07) is -0.0729. The zero-order chi connectivity index (χ0) is 55.0. The second kappa shape index (κ2) is 24.1. The first kappa shape index (κ1) is 58.3. The summed E-state index contributed by atoms with van der Waals surface area (Å²) in [5.74, 6) is 0.236. The fourth-order valence-electron chi connectivity index (χ4n) is 19.2. The molecule has 5 heterocycles. The zero-order valence-corrected chi connectivity index (χ0v) is 50.6. The van der Waals surface area contributed by atoms with E-state index >= 15 is 0 Å². The lowest BCUT2D eigenvalue weighted by molar-refractivity contribution is 0.168. The summed E-state index contributed by atoms with van der Waals surface area (Å²) in [5.41, 5.74) is 0. The van der Waals surface area contributed by atoms with Crippen molar-refractivity contribution in [3.8, 4) is 0 Å². The molecule has 13 rings (SSSR count). The monoisotopic (exact) mass is 1200 g/mol. The van der Waals surface area contributed by atoms with Crippen LogP contribution < -0.4 is 61.4 Å². The van der Waals surface area contributed by atoms with Crippen LogP contribution in [0.5, 0.6) is 0 Å². The van der Waals surface area contributed by atoms with Crippen molar-refractivity contribution in [2.24, 2.45) is 47.3 Å². The van der Waals surface area contributed by atoms with Crippen molar-refractivity contribution in [2.75, 3.05) is 0 Å². The van der Waals surface area contributed by atoms with Gasteiger partial charge < -0.3 is 0 Å². The maximum atomic E-state index is 14.4. The first-order chi connectivity index (χ1) is 38.5. The molecule has 13 aliphatic rings. The second-order valence-corrected chi connectivity index (χ2v) is 36.2. The van der Waals surface area contributed by atoms with Gasteiger partial charge in [0, 0.05) is 24.2 Å². The molecule has 5 saturated heterocycles. The van der Waals surface area contributed by atoms with Crippen LogP contribution >= 0.6 is 0 Å². The Labute approximate surface area is 479 Å². The van der Waals surface area contributed by atoms with Crippen molar-refractivity contribution in [3.05, 3.63) is 0 Å². The molecule has 12 unspecified atom stereocenters. The summed E-state index contributed by atoms with van der Waals surface area (Å²) in [7, 11) is -14.4. The topological polar surface area (TPSA) is 281 Å². The van der Waals surface area contributed by atoms with Gasteiger partial charge in [-0.1, -0.05) is 77.0 Å². The molecule has 5 aliphatic heterocycles. The van der Waals surface area contributed by atoms with E-state index in [1.165, 1.54) is 0 Å². The molecule has 0 aromatic carbocycles. The Morgan fingerprint density at radius 2 is 0.388 bits per heavy atom. The van der Waals surface area contributed by atoms with Crippen LogP contribution in [0, 0.1) is 47.3 Å². The van der Waals surface area contributed by atoms with E-state index in [2.05, 4.69) is 61.4 Å². The van der Waals surface area contributed by atoms with Gasteiger partial charge in [-0.15, -0.1) is 0 Å². The Hall–Kier alpha value is -0.680. The molecule has 0 spiro atoms. The summed E-state index contributed by atoms with van der Waals surface area (Å²) in [4.78, 5) is 0. The van der Waals surface area contributed by atoms with Gasteiger partial charge in [-0.25, -0.2) is 52.6 Å². The predicted octanol–water partition coefficient (Wildman–Crippen LogP) is 3.53. The van der Waals surface area contributed by atoms with Gasteiger partial charge in [0.25, 0.3) is 0 Å². The van der Waals surface area contributed by atoms with Gasteiger partial charge in [0.05, 0.1) is 70.3 Å². The van der Waals surface area contributed by atoms with E-state index in [9.17, 15) is 33.7 Å². The van der Waals surface area contributed by atoms with E-state index in [1.54, 1.807) is 0 Å². The molecule has 456 valence electrons. The lowest BCUT2D eigenvalue weighted by atomic mass is 9.76. The van der Waals surface area contributed by atoms with Crippen molar-refractivity contribution < 1.29 is 33.7 Å². The summed E-state index contributed by atoms with van der Waals surface area (Å²) in [6.07, 6.45) is 25.3. The molecule has 13 fully saturated rings. The normalized spacial score (nSPS) is 44.9. The third-order valence-corrected chi connectivity index (χ3v) is 31.3. The molecule has 0 aromatic heterocycles. The van der Waals surface area contributed by atoms with E-state index in [4.69, 9.17) is 0 Å². The zero-order valence-electron chi connectivity index (χ0n) is 47.4. The number of hydrogen-bond donors (Lipinski definition) is 12. The van der Waals surface area contributed by atoms with Crippen LogP contribution in [0.4, 0.5) is 0 Å². The molecule has 24 heteroatoms. The smallest absolute Gasteiger partial charge is 0.214 e. The van der Waals surface area contributed by atoms with Gasteiger partial charge in [0.2, 0.25) is 40.1 Å². The van der Waals surface area contributed by atoms with Crippen LogP contribution in [-0.2, 0) is 40.1 Å². The van der Waals surface area contributed by atoms with Crippen LogP contribution in [-0.4, -0.2) is 128 Å². The highest BCUT2D eigenvalue weighted by molar-refractivity contribution is 7.91. The molecule has 8 aliphatic carbocycles. The molecule has 0 aromatic rings. The van der Waals surface area contributed by atoms with Gasteiger partial charge in [-0.3, -0.25) is 42.5 Å². The maximum Gasteiger partial charge on any atom is 0.214 e. The standard InChI is InChI=1S/C56H100N12O8S4/c69-77(70,65-33-13-5-1-6-14-33)37-21-25-41-45(29-37)53-57-49(41)62-54-47-31-39(79(73,74)67-35-17-9-3-10-18-35)23-27-43(47)51(59-54)64-56-48-32-40(80(75,76)68-36-19-11-4-12-20-36)24-28-44(48)52(60-56)63-55-46-30-38(22-26-42(46)50(58-55)61-53)78(71,72)66-34-15-7-2-8-16-34/h33-68H,1-32H2. The van der Waals surface area contributed by atoms with Crippen molar-refractivity contribution >= 4 is 40.1 Å². The molecule has 0 amide bonds. The lowest BCUT2D eigenvalue weighted by Gasteiger charge is -2.39. The Bertz CT molecular complexity index is 2250. The second-order valence-electron chi connectivity index (χ2n) is 28.2. The third-order valence-electron chi connectivity index (χ3n) is 23.4. The Balaban J connectivity index is 0.820. The van der Waals surface area contributed by atoms with Crippen LogP contribution in [0.3, 0.4) is 0 Å². The highest BCUT2D eigenvalue weighted by Gasteiger charge is 2.58. The van der Waals surface area contributed by atoms with Crippen LogP contribution in [0.25, 0.3) is 0 Å². The van der Waals surface area contributed by atoms with Gasteiger partial charge in [-0.05, 0) is 176 Å². The van der Waals surface area contributed by atoms with E-state index in [0.717, 1.165) is 128 Å². The molecule has 12 atom stereocenters. The summed E-state index contributed by atoms with van der Waals surface area (Å²) >= 11 is 0. The average molecular weight is 1200 g/mol. The summed E-state index contributed by atoms with van der Waals surface area (Å²) in [5, 5.41) is 30.6. The first-order valence-corrected chi connectivity index (χ1v) is 38.8. The number of fused-ring (bicyclic) bond motifs is 20. The van der Waals surface area contributed by atoms with Gasteiger partial charge in [0.15, 0.2) is 0 Å². The average Bonchev–Trinajstić information content (AvgIpc) is 4.32. The van der Waals surface area contributed by atoms with Crippen LogP contribution in [0.15, 0.2) is 0 Å². The molecule has 8 bridgehead atoms. The number of hydrogen-bond acceptors (Lipinski definition) is 16. The highest BCUT2D eigenvalue weighted by atomic mass is 32.2. The summed E-state index contributed by atoms with van der Waals surface area (Å²) < 4.78 is 128. The van der Waals surface area contributed by atoms with Crippen molar-refractivity contribution in [3.63, 3.8) is 0 Å². The van der Waals surface area contributed by atoms with E-state index < -0.39 is 61.1 Å². The fraction of sp³-hybridized carbons (Fsp3) is 1.00. The molecule has 20 nitrogen and oxygen atoms in total. The number of rotatable bonds is 12. The Morgan fingerprint density at radius 3 is 0.575 bits per heavy atom. The lowest BCUT2D eigenvalue weighted by Crippen LogP contribution is -2.61. The molecule has 12 N–H and O–H groups in total. The summed E-state index contributed by atoms with van der Waals surface area (Å²) in [6.45, 7) is 0. The minimum absolute atomic E-state index is 0.0182. The fourth-order valence-corrected chi connectivity index (χ4v) is 26.4. The van der Waals surface area contributed by atoms with Gasteiger partial charge in [-0.2, -0.15) is 0 Å². The van der Waals surface area contributed by atoms with E-state index in [-0.39, 0.29) is 121 Å². The number of sulfonamides is 4. The van der Waals surface area contributed by atoms with Crippen molar-refractivity contribution in [1.82, 2.24) is 61.4 Å². The largest absolute Gasteiger partial charge is 0.286 e. The molecule has 80 heavy (non-hydrogen) atoms.